The van der Waals surface area contributed by atoms with Crippen LogP contribution in [0.2, 0.25) is 0 Å². The minimum Gasteiger partial charge on any atom is -0.481 e. The molecule has 0 saturated carbocycles. The lowest BCUT2D eigenvalue weighted by atomic mass is 10.1. The van der Waals surface area contributed by atoms with Gasteiger partial charge in [0.2, 0.25) is 5.91 Å². The van der Waals surface area contributed by atoms with Crippen LogP contribution in [0.1, 0.15) is 18.2 Å². The Morgan fingerprint density at radius 1 is 1.38 bits per heavy atom. The van der Waals surface area contributed by atoms with Crippen LogP contribution in [0.3, 0.4) is 0 Å². The summed E-state index contributed by atoms with van der Waals surface area (Å²) in [6.45, 7) is 2.03. The first kappa shape index (κ1) is 14.7. The summed E-state index contributed by atoms with van der Waals surface area (Å²) in [5.41, 5.74) is 2.19. The van der Waals surface area contributed by atoms with Crippen molar-refractivity contribution < 1.29 is 14.7 Å². The molecule has 0 unspecified atom stereocenters. The molecule has 2 aromatic rings. The van der Waals surface area contributed by atoms with Crippen molar-refractivity contribution >= 4 is 17.6 Å². The normalized spacial score (nSPS) is 10.3. The molecule has 1 aromatic heterocycles. The van der Waals surface area contributed by atoms with Gasteiger partial charge in [0, 0.05) is 11.9 Å². The Morgan fingerprint density at radius 2 is 2.19 bits per heavy atom. The van der Waals surface area contributed by atoms with E-state index < -0.39 is 5.97 Å². The van der Waals surface area contributed by atoms with Gasteiger partial charge in [-0.1, -0.05) is 24.3 Å². The number of carboxylic acids is 1. The first-order chi connectivity index (χ1) is 10.1. The van der Waals surface area contributed by atoms with E-state index in [4.69, 9.17) is 5.11 Å². The topological polar surface area (TPSA) is 97.1 Å². The van der Waals surface area contributed by atoms with Crippen LogP contribution >= 0.6 is 0 Å². The summed E-state index contributed by atoms with van der Waals surface area (Å²) in [6.07, 6.45) is 2.14. The van der Waals surface area contributed by atoms with Gasteiger partial charge < -0.3 is 10.4 Å². The van der Waals surface area contributed by atoms with Gasteiger partial charge in [-0.05, 0) is 24.1 Å². The second-order valence-electron chi connectivity index (χ2n) is 4.58. The monoisotopic (exact) mass is 288 g/mol. The lowest BCUT2D eigenvalue weighted by Gasteiger charge is -2.06. The van der Waals surface area contributed by atoms with Crippen LogP contribution in [-0.2, 0) is 29.0 Å². The zero-order chi connectivity index (χ0) is 15.2. The Bertz CT molecular complexity index is 651. The molecule has 0 spiro atoms. The minimum atomic E-state index is -0.983. The number of hydrogen-bond donors (Lipinski definition) is 2. The van der Waals surface area contributed by atoms with E-state index in [-0.39, 0.29) is 18.9 Å². The van der Waals surface area contributed by atoms with Crippen LogP contribution in [0, 0.1) is 0 Å². The zero-order valence-corrected chi connectivity index (χ0v) is 11.6. The molecular formula is C14H16N4O3. The van der Waals surface area contributed by atoms with Gasteiger partial charge in [-0.25, -0.2) is 4.68 Å². The number of hydrogen-bond acceptors (Lipinski definition) is 4. The van der Waals surface area contributed by atoms with Crippen molar-refractivity contribution in [2.45, 2.75) is 26.3 Å². The van der Waals surface area contributed by atoms with Gasteiger partial charge in [0.25, 0.3) is 0 Å². The highest BCUT2D eigenvalue weighted by atomic mass is 16.4. The van der Waals surface area contributed by atoms with Gasteiger partial charge in [-0.15, -0.1) is 5.10 Å². The number of carboxylic acid groups (broad SMARTS) is 1. The zero-order valence-electron chi connectivity index (χ0n) is 11.6. The number of aryl methyl sites for hydroxylation is 1. The number of nitrogens with one attached hydrogen (secondary N) is 1. The van der Waals surface area contributed by atoms with E-state index in [1.807, 2.05) is 31.2 Å². The first-order valence-corrected chi connectivity index (χ1v) is 6.56. The van der Waals surface area contributed by atoms with E-state index in [2.05, 4.69) is 15.6 Å². The highest BCUT2D eigenvalue weighted by Crippen LogP contribution is 2.11. The molecule has 1 amide bonds. The van der Waals surface area contributed by atoms with Crippen LogP contribution in [-0.4, -0.2) is 32.0 Å². The first-order valence-electron chi connectivity index (χ1n) is 6.56. The fraction of sp³-hybridized carbons (Fsp3) is 0.286. The Balaban J connectivity index is 1.94. The molecule has 21 heavy (non-hydrogen) atoms. The summed E-state index contributed by atoms with van der Waals surface area (Å²) >= 11 is 0. The predicted molar refractivity (Wildman–Crippen MR) is 75.8 cm³/mol. The van der Waals surface area contributed by atoms with E-state index >= 15 is 0 Å². The van der Waals surface area contributed by atoms with Gasteiger partial charge in [0.05, 0.1) is 12.1 Å². The van der Waals surface area contributed by atoms with Crippen molar-refractivity contribution in [3.63, 3.8) is 0 Å². The third-order valence-corrected chi connectivity index (χ3v) is 2.84. The number of aromatic nitrogens is 3. The maximum Gasteiger partial charge on any atom is 0.309 e. The fourth-order valence-corrected chi connectivity index (χ4v) is 1.87. The number of rotatable bonds is 6. The molecular weight excluding hydrogens is 272 g/mol. The molecule has 2 N–H and O–H groups in total. The number of anilines is 1. The summed E-state index contributed by atoms with van der Waals surface area (Å²) in [5, 5.41) is 18.8. The maximum absolute atomic E-state index is 11.9. The number of carbonyl (C=O) groups excluding carboxylic acids is 1. The van der Waals surface area contributed by atoms with Crippen molar-refractivity contribution in [3.05, 3.63) is 41.7 Å². The Morgan fingerprint density at radius 3 is 2.90 bits per heavy atom. The van der Waals surface area contributed by atoms with Crippen LogP contribution in [0.15, 0.2) is 30.5 Å². The summed E-state index contributed by atoms with van der Waals surface area (Å²) in [7, 11) is 0. The standard InChI is InChI=1S/C14H16N4O3/c1-2-10-4-3-5-11(6-10)15-13(19)9-18-8-12(16-17-18)7-14(20)21/h3-6,8H,2,7,9H2,1H3,(H,15,19)(H,20,21). The number of benzene rings is 1. The third-order valence-electron chi connectivity index (χ3n) is 2.84. The molecule has 7 nitrogen and oxygen atoms in total. The van der Waals surface area contributed by atoms with Gasteiger partial charge >= 0.3 is 5.97 Å². The number of nitrogens with zero attached hydrogens (tertiary/aromatic N) is 3. The molecule has 0 saturated heterocycles. The summed E-state index contributed by atoms with van der Waals surface area (Å²) < 4.78 is 1.32. The number of aliphatic carboxylic acids is 1. The molecule has 110 valence electrons. The average Bonchev–Trinajstić information content (AvgIpc) is 2.85. The largest absolute Gasteiger partial charge is 0.481 e. The molecule has 7 heteroatoms. The smallest absolute Gasteiger partial charge is 0.309 e. The summed E-state index contributed by atoms with van der Waals surface area (Å²) in [4.78, 5) is 22.4. The predicted octanol–water partition coefficient (Wildman–Crippen LogP) is 1.11. The Kier molecular flexibility index (Phi) is 4.65. The summed E-state index contributed by atoms with van der Waals surface area (Å²) in [5.74, 6) is -1.22. The average molecular weight is 288 g/mol. The van der Waals surface area contributed by atoms with E-state index in [0.717, 1.165) is 17.7 Å². The molecule has 0 atom stereocenters. The third kappa shape index (κ3) is 4.41. The molecule has 0 bridgehead atoms. The Hall–Kier alpha value is -2.70. The SMILES string of the molecule is CCc1cccc(NC(=O)Cn2cc(CC(=O)O)nn2)c1. The van der Waals surface area contributed by atoms with Crippen molar-refractivity contribution in [1.82, 2.24) is 15.0 Å². The number of carbonyl (C=O) groups is 2. The highest BCUT2D eigenvalue weighted by molar-refractivity contribution is 5.90. The molecule has 0 aliphatic carbocycles. The molecule has 0 radical (unpaired) electrons. The number of amides is 1. The van der Waals surface area contributed by atoms with E-state index in [0.29, 0.717) is 5.69 Å². The van der Waals surface area contributed by atoms with Crippen molar-refractivity contribution in [1.29, 1.82) is 0 Å². The van der Waals surface area contributed by atoms with E-state index in [1.54, 1.807) is 0 Å². The molecule has 1 heterocycles. The van der Waals surface area contributed by atoms with Crippen LogP contribution in [0.4, 0.5) is 5.69 Å². The van der Waals surface area contributed by atoms with E-state index in [1.165, 1.54) is 10.9 Å². The quantitative estimate of drug-likeness (QED) is 0.829. The molecule has 2 rings (SSSR count). The maximum atomic E-state index is 11.9. The lowest BCUT2D eigenvalue weighted by molar-refractivity contribution is -0.136. The fourth-order valence-electron chi connectivity index (χ4n) is 1.87. The van der Waals surface area contributed by atoms with Gasteiger partial charge in [-0.3, -0.25) is 9.59 Å². The highest BCUT2D eigenvalue weighted by Gasteiger charge is 2.09. The Labute approximate surface area is 121 Å². The van der Waals surface area contributed by atoms with Crippen LogP contribution < -0.4 is 5.32 Å². The van der Waals surface area contributed by atoms with Crippen molar-refractivity contribution in [3.8, 4) is 0 Å². The molecule has 0 aliphatic rings. The molecule has 1 aromatic carbocycles. The van der Waals surface area contributed by atoms with Crippen LogP contribution in [0.25, 0.3) is 0 Å². The minimum absolute atomic E-state index is 0.0109. The van der Waals surface area contributed by atoms with Crippen LogP contribution in [0.5, 0.6) is 0 Å². The van der Waals surface area contributed by atoms with E-state index in [9.17, 15) is 9.59 Å². The molecule has 0 aliphatic heterocycles. The van der Waals surface area contributed by atoms with Crippen molar-refractivity contribution in [2.24, 2.45) is 0 Å². The van der Waals surface area contributed by atoms with Crippen molar-refractivity contribution in [2.75, 3.05) is 5.32 Å². The van der Waals surface area contributed by atoms with Gasteiger partial charge in [-0.2, -0.15) is 0 Å². The second kappa shape index (κ2) is 6.65. The lowest BCUT2D eigenvalue weighted by Crippen LogP contribution is -2.19. The van der Waals surface area contributed by atoms with Gasteiger partial charge in [0.1, 0.15) is 6.54 Å². The van der Waals surface area contributed by atoms with Gasteiger partial charge in [0.15, 0.2) is 0 Å². The summed E-state index contributed by atoms with van der Waals surface area (Å²) in [6, 6.07) is 7.60. The molecule has 0 fully saturated rings. The second-order valence-corrected chi connectivity index (χ2v) is 4.58.